The molecule has 1 aliphatic rings. The number of thiazole rings is 1. The first kappa shape index (κ1) is 18.4. The van der Waals surface area contributed by atoms with Crippen LogP contribution in [0, 0.1) is 3.95 Å². The summed E-state index contributed by atoms with van der Waals surface area (Å²) < 4.78 is 1.47. The Morgan fingerprint density at radius 2 is 2.04 bits per heavy atom. The van der Waals surface area contributed by atoms with Gasteiger partial charge in [0, 0.05) is 9.69 Å². The number of aliphatic carboxylic acids is 2. The van der Waals surface area contributed by atoms with Crippen molar-refractivity contribution >= 4 is 62.9 Å². The number of nitrogens with zero attached hydrogens (tertiary/aromatic N) is 2. The number of carboxylic acid groups (broad SMARTS) is 2. The van der Waals surface area contributed by atoms with Crippen LogP contribution in [-0.4, -0.2) is 37.7 Å². The summed E-state index contributed by atoms with van der Waals surface area (Å²) in [5, 5.41) is 29.7. The predicted molar refractivity (Wildman–Crippen MR) is 96.2 cm³/mol. The van der Waals surface area contributed by atoms with Gasteiger partial charge in [-0.1, -0.05) is 15.9 Å². The monoisotopic (exact) mass is 456 g/mol. The lowest BCUT2D eigenvalue weighted by Crippen LogP contribution is -2.23. The number of amides is 1. The third-order valence-corrected chi connectivity index (χ3v) is 5.57. The number of halogens is 1. The molecule has 3 rings (SSSR count). The van der Waals surface area contributed by atoms with E-state index in [2.05, 4.69) is 20.9 Å². The Hall–Kier alpha value is -2.37. The number of hydrogen-bond acceptors (Lipinski definition) is 6. The molecule has 0 radical (unpaired) electrons. The van der Waals surface area contributed by atoms with E-state index >= 15 is 0 Å². The van der Waals surface area contributed by atoms with Gasteiger partial charge in [0.25, 0.3) is 5.91 Å². The fourth-order valence-electron chi connectivity index (χ4n) is 2.58. The Balaban J connectivity index is 2.27. The Morgan fingerprint density at radius 3 is 2.65 bits per heavy atom. The van der Waals surface area contributed by atoms with Crippen molar-refractivity contribution in [1.82, 2.24) is 4.57 Å². The fourth-order valence-corrected chi connectivity index (χ4v) is 4.38. The van der Waals surface area contributed by atoms with Gasteiger partial charge in [-0.25, -0.2) is 9.79 Å². The molecule has 2 heterocycles. The lowest BCUT2D eigenvalue weighted by Gasteiger charge is -2.13. The minimum absolute atomic E-state index is 0.0530. The Kier molecular flexibility index (Phi) is 4.78. The molecule has 134 valence electrons. The molecule has 26 heavy (non-hydrogen) atoms. The molecular weight excluding hydrogens is 448 g/mol. The van der Waals surface area contributed by atoms with Crippen LogP contribution >= 0.6 is 39.5 Å². The van der Waals surface area contributed by atoms with Crippen molar-refractivity contribution in [1.29, 1.82) is 0 Å². The first-order valence-electron chi connectivity index (χ1n) is 7.03. The van der Waals surface area contributed by atoms with Gasteiger partial charge in [0.2, 0.25) is 5.88 Å². The predicted octanol–water partition coefficient (Wildman–Crippen LogP) is 1.21. The van der Waals surface area contributed by atoms with Gasteiger partial charge in [-0.05, 0) is 30.4 Å². The summed E-state index contributed by atoms with van der Waals surface area (Å²) in [7, 11) is 0. The lowest BCUT2D eigenvalue weighted by atomic mass is 10.1. The number of carbonyl (C=O) groups is 3. The largest absolute Gasteiger partial charge is 0.493 e. The van der Waals surface area contributed by atoms with Crippen LogP contribution in [0.5, 0.6) is 5.88 Å². The zero-order valence-corrected chi connectivity index (χ0v) is 15.9. The standard InChI is InChI=1S/C15H9BrN2O6S2/c16-5-1-2-7-6(3-5)10(12(21)17-7)11-13(22)18(15(25)26-11)8(14(23)24)4-9(19)20/h1-3,8,22H,4H2,(H,19,20)(H,23,24)/t8-/m1/s1. The van der Waals surface area contributed by atoms with E-state index in [9.17, 15) is 24.6 Å². The number of hydrogen-bond donors (Lipinski definition) is 3. The molecule has 1 amide bonds. The fraction of sp³-hybridized carbons (Fsp3) is 0.133. The third kappa shape index (κ3) is 3.08. The summed E-state index contributed by atoms with van der Waals surface area (Å²) in [5.74, 6) is -3.99. The van der Waals surface area contributed by atoms with E-state index in [1.54, 1.807) is 18.2 Å². The minimum atomic E-state index is -1.60. The second-order valence-electron chi connectivity index (χ2n) is 5.30. The molecule has 1 atom stereocenters. The van der Waals surface area contributed by atoms with Crippen LogP contribution in [0.4, 0.5) is 0 Å². The smallest absolute Gasteiger partial charge is 0.327 e. The summed E-state index contributed by atoms with van der Waals surface area (Å²) in [4.78, 5) is 38.7. The molecule has 0 aliphatic carbocycles. The quantitative estimate of drug-likeness (QED) is 0.576. The van der Waals surface area contributed by atoms with Gasteiger partial charge in [-0.3, -0.25) is 14.2 Å². The number of carboxylic acids is 2. The van der Waals surface area contributed by atoms with Crippen molar-refractivity contribution < 1.29 is 29.7 Å². The molecule has 1 aromatic carbocycles. The number of aromatic hydroxyl groups is 1. The summed E-state index contributed by atoms with van der Waals surface area (Å²) in [5.41, 5.74) is 0.0908. The zero-order chi connectivity index (χ0) is 19.2. The van der Waals surface area contributed by atoms with Gasteiger partial charge in [0.15, 0.2) is 3.95 Å². The van der Waals surface area contributed by atoms with E-state index < -0.39 is 36.2 Å². The zero-order valence-electron chi connectivity index (χ0n) is 12.7. The molecule has 2 aromatic rings. The van der Waals surface area contributed by atoms with Crippen molar-refractivity contribution in [2.45, 2.75) is 12.5 Å². The van der Waals surface area contributed by atoms with E-state index in [1.165, 1.54) is 0 Å². The molecule has 0 saturated carbocycles. The van der Waals surface area contributed by atoms with E-state index in [0.29, 0.717) is 15.0 Å². The topological polar surface area (TPSA) is 129 Å². The number of rotatable bonds is 5. The highest BCUT2D eigenvalue weighted by molar-refractivity contribution is 9.10. The average molecular weight is 457 g/mol. The van der Waals surface area contributed by atoms with E-state index in [0.717, 1.165) is 15.9 Å². The summed E-state index contributed by atoms with van der Waals surface area (Å²) in [6.45, 7) is 0. The molecule has 1 aliphatic heterocycles. The maximum absolute atomic E-state index is 12.3. The van der Waals surface area contributed by atoms with Crippen LogP contribution in [0.25, 0.3) is 5.57 Å². The molecule has 0 saturated heterocycles. The highest BCUT2D eigenvalue weighted by Crippen LogP contribution is 2.36. The normalized spacial score (nSPS) is 14.0. The van der Waals surface area contributed by atoms with Crippen LogP contribution in [0.15, 0.2) is 27.7 Å². The van der Waals surface area contributed by atoms with Gasteiger partial charge in [0.1, 0.15) is 10.9 Å². The summed E-state index contributed by atoms with van der Waals surface area (Å²) in [6.07, 6.45) is -0.775. The molecule has 0 spiro atoms. The van der Waals surface area contributed by atoms with Crippen LogP contribution in [0.2, 0.25) is 0 Å². The number of benzene rings is 1. The van der Waals surface area contributed by atoms with Crippen molar-refractivity contribution in [3.05, 3.63) is 42.1 Å². The van der Waals surface area contributed by atoms with Gasteiger partial charge >= 0.3 is 11.9 Å². The van der Waals surface area contributed by atoms with E-state index in [1.807, 2.05) is 0 Å². The highest BCUT2D eigenvalue weighted by Gasteiger charge is 2.31. The first-order valence-corrected chi connectivity index (χ1v) is 9.04. The van der Waals surface area contributed by atoms with Crippen molar-refractivity contribution in [3.63, 3.8) is 0 Å². The number of fused-ring (bicyclic) bond motifs is 1. The molecule has 0 fully saturated rings. The second kappa shape index (κ2) is 6.74. The van der Waals surface area contributed by atoms with Crippen molar-refractivity contribution in [2.24, 2.45) is 4.99 Å². The molecule has 0 bridgehead atoms. The second-order valence-corrected chi connectivity index (χ2v) is 7.86. The first-order chi connectivity index (χ1) is 12.2. The van der Waals surface area contributed by atoms with E-state index in [-0.39, 0.29) is 14.4 Å². The highest BCUT2D eigenvalue weighted by atomic mass is 79.9. The molecule has 1 aromatic heterocycles. The van der Waals surface area contributed by atoms with Gasteiger partial charge in [0.05, 0.1) is 17.4 Å². The average Bonchev–Trinajstić information content (AvgIpc) is 3.00. The van der Waals surface area contributed by atoms with Crippen LogP contribution < -0.4 is 10.6 Å². The van der Waals surface area contributed by atoms with Gasteiger partial charge in [-0.2, -0.15) is 0 Å². The Labute approximate surface area is 162 Å². The summed E-state index contributed by atoms with van der Waals surface area (Å²) in [6, 6.07) is 3.39. The molecule has 8 nitrogen and oxygen atoms in total. The lowest BCUT2D eigenvalue weighted by molar-refractivity contribution is -0.147. The van der Waals surface area contributed by atoms with Gasteiger partial charge in [-0.15, -0.1) is 11.3 Å². The molecule has 3 N–H and O–H groups in total. The maximum atomic E-state index is 12.3. The Bertz CT molecular complexity index is 1150. The SMILES string of the molecule is O=C(O)C[C@H](C(=O)O)n1c(O)c(C2=c3cc(Br)ccc3=NC2=O)sc1=S. The summed E-state index contributed by atoms with van der Waals surface area (Å²) >= 11 is 9.23. The Morgan fingerprint density at radius 1 is 1.35 bits per heavy atom. The molecule has 11 heteroatoms. The van der Waals surface area contributed by atoms with Crippen molar-refractivity contribution in [3.8, 4) is 5.88 Å². The molecule has 0 unspecified atom stereocenters. The van der Waals surface area contributed by atoms with Crippen molar-refractivity contribution in [2.75, 3.05) is 0 Å². The number of carbonyl (C=O) groups excluding carboxylic acids is 1. The van der Waals surface area contributed by atoms with Crippen LogP contribution in [0.1, 0.15) is 17.3 Å². The third-order valence-electron chi connectivity index (χ3n) is 3.67. The van der Waals surface area contributed by atoms with E-state index in [4.69, 9.17) is 17.3 Å². The minimum Gasteiger partial charge on any atom is -0.493 e. The van der Waals surface area contributed by atoms with Gasteiger partial charge < -0.3 is 15.3 Å². The van der Waals surface area contributed by atoms with Crippen LogP contribution in [-0.2, 0) is 14.4 Å². The number of aromatic nitrogens is 1. The maximum Gasteiger partial charge on any atom is 0.327 e. The molecular formula is C15H9BrN2O6S2. The van der Waals surface area contributed by atoms with Crippen LogP contribution in [0.3, 0.4) is 0 Å².